The Bertz CT molecular complexity index is 542. The molecule has 2 saturated heterocycles. The van der Waals surface area contributed by atoms with Crippen molar-refractivity contribution < 1.29 is 19.0 Å². The fraction of sp³-hybridized carbons (Fsp3) is 0.909. The van der Waals surface area contributed by atoms with Crippen LogP contribution in [0.15, 0.2) is 4.99 Å². The molecule has 2 heterocycles. The van der Waals surface area contributed by atoms with E-state index in [1.54, 1.807) is 7.11 Å². The zero-order valence-electron chi connectivity index (χ0n) is 19.6. The van der Waals surface area contributed by atoms with Crippen molar-refractivity contribution in [2.45, 2.75) is 64.6 Å². The van der Waals surface area contributed by atoms with Crippen LogP contribution in [0.1, 0.15) is 52.9 Å². The van der Waals surface area contributed by atoms with E-state index in [2.05, 4.69) is 15.2 Å². The molecule has 2 rings (SSSR count). The molecule has 0 bridgehead atoms. The van der Waals surface area contributed by atoms with Crippen LogP contribution in [0.3, 0.4) is 0 Å². The second-order valence-electron chi connectivity index (χ2n) is 9.27. The number of carbonyl (C=O) groups excluding carboxylic acids is 1. The first-order chi connectivity index (χ1) is 14.3. The lowest BCUT2D eigenvalue weighted by Crippen LogP contribution is -2.50. The number of nitrogens with zero attached hydrogens (tertiary/aromatic N) is 3. The number of piperidine rings is 2. The van der Waals surface area contributed by atoms with Crippen LogP contribution in [0, 0.1) is 5.92 Å². The number of rotatable bonds is 7. The van der Waals surface area contributed by atoms with E-state index in [0.717, 1.165) is 84.0 Å². The Labute approximate surface area is 182 Å². The highest BCUT2D eigenvalue weighted by Crippen LogP contribution is 2.19. The molecule has 0 aromatic carbocycles. The van der Waals surface area contributed by atoms with Crippen LogP contribution in [-0.4, -0.2) is 93.7 Å². The standard InChI is InChI=1S/C22H42N4O4/c1-22(2,3)30-21(27)26-11-6-8-18(17-26)16-24-20(23-4)25-12-9-19(10-13-25)29-15-7-14-28-5/h18-19H,6-17H2,1-5H3,(H,23,24). The van der Waals surface area contributed by atoms with Crippen molar-refractivity contribution in [3.8, 4) is 0 Å². The fourth-order valence-electron chi connectivity index (χ4n) is 3.98. The predicted molar refractivity (Wildman–Crippen MR) is 119 cm³/mol. The number of hydrogen-bond donors (Lipinski definition) is 1. The van der Waals surface area contributed by atoms with Gasteiger partial charge in [0, 0.05) is 60.1 Å². The van der Waals surface area contributed by atoms with Crippen molar-refractivity contribution in [1.82, 2.24) is 15.1 Å². The summed E-state index contributed by atoms with van der Waals surface area (Å²) in [5.74, 6) is 1.35. The average molecular weight is 427 g/mol. The second kappa shape index (κ2) is 12.3. The Morgan fingerprint density at radius 2 is 1.83 bits per heavy atom. The molecule has 30 heavy (non-hydrogen) atoms. The molecule has 0 radical (unpaired) electrons. The van der Waals surface area contributed by atoms with Gasteiger partial charge in [-0.25, -0.2) is 4.79 Å². The highest BCUT2D eigenvalue weighted by Gasteiger charge is 2.28. The van der Waals surface area contributed by atoms with E-state index < -0.39 is 5.60 Å². The highest BCUT2D eigenvalue weighted by atomic mass is 16.6. The van der Waals surface area contributed by atoms with Gasteiger partial charge in [-0.2, -0.15) is 0 Å². The molecular weight excluding hydrogens is 384 g/mol. The summed E-state index contributed by atoms with van der Waals surface area (Å²) in [6.07, 6.45) is 5.23. The first kappa shape index (κ1) is 24.7. The van der Waals surface area contributed by atoms with Gasteiger partial charge in [-0.3, -0.25) is 4.99 Å². The largest absolute Gasteiger partial charge is 0.444 e. The molecule has 0 aliphatic carbocycles. The zero-order valence-corrected chi connectivity index (χ0v) is 19.6. The number of nitrogens with one attached hydrogen (secondary N) is 1. The molecule has 0 aromatic heterocycles. The topological polar surface area (TPSA) is 75.6 Å². The molecule has 1 amide bonds. The number of likely N-dealkylation sites (tertiary alicyclic amines) is 2. The third-order valence-electron chi connectivity index (χ3n) is 5.52. The van der Waals surface area contributed by atoms with Gasteiger partial charge in [-0.15, -0.1) is 0 Å². The third-order valence-corrected chi connectivity index (χ3v) is 5.52. The molecule has 1 atom stereocenters. The summed E-state index contributed by atoms with van der Waals surface area (Å²) in [4.78, 5) is 21.0. The lowest BCUT2D eigenvalue weighted by atomic mass is 9.98. The van der Waals surface area contributed by atoms with Crippen molar-refractivity contribution in [3.05, 3.63) is 0 Å². The minimum Gasteiger partial charge on any atom is -0.444 e. The molecule has 1 N–H and O–H groups in total. The van der Waals surface area contributed by atoms with Crippen LogP contribution in [-0.2, 0) is 14.2 Å². The smallest absolute Gasteiger partial charge is 0.410 e. The van der Waals surface area contributed by atoms with Crippen LogP contribution in [0.2, 0.25) is 0 Å². The molecule has 2 aliphatic heterocycles. The Kier molecular flexibility index (Phi) is 10.2. The number of aliphatic imine (C=N–C) groups is 1. The van der Waals surface area contributed by atoms with E-state index in [4.69, 9.17) is 14.2 Å². The summed E-state index contributed by atoms with van der Waals surface area (Å²) in [6, 6.07) is 0. The SMILES string of the molecule is CN=C(NCC1CCCN(C(=O)OC(C)(C)C)C1)N1CCC(OCCCOC)CC1. The van der Waals surface area contributed by atoms with Crippen molar-refractivity contribution in [3.63, 3.8) is 0 Å². The van der Waals surface area contributed by atoms with Gasteiger partial charge < -0.3 is 29.3 Å². The first-order valence-corrected chi connectivity index (χ1v) is 11.4. The van der Waals surface area contributed by atoms with E-state index in [9.17, 15) is 4.79 Å². The van der Waals surface area contributed by atoms with Gasteiger partial charge in [0.05, 0.1) is 6.10 Å². The van der Waals surface area contributed by atoms with E-state index in [1.807, 2.05) is 32.7 Å². The summed E-state index contributed by atoms with van der Waals surface area (Å²) in [7, 11) is 3.56. The molecule has 8 heteroatoms. The minimum absolute atomic E-state index is 0.204. The van der Waals surface area contributed by atoms with Crippen molar-refractivity contribution in [2.75, 3.05) is 60.1 Å². The van der Waals surface area contributed by atoms with Crippen LogP contribution in [0.4, 0.5) is 4.79 Å². The third kappa shape index (κ3) is 8.68. The van der Waals surface area contributed by atoms with Crippen molar-refractivity contribution in [1.29, 1.82) is 0 Å². The Morgan fingerprint density at radius 3 is 2.47 bits per heavy atom. The molecule has 0 aromatic rings. The number of amides is 1. The van der Waals surface area contributed by atoms with Gasteiger partial charge in [0.1, 0.15) is 5.60 Å². The normalized spacial score (nSPS) is 21.6. The molecule has 2 aliphatic rings. The Balaban J connectivity index is 1.72. The maximum absolute atomic E-state index is 12.4. The van der Waals surface area contributed by atoms with E-state index >= 15 is 0 Å². The number of hydrogen-bond acceptors (Lipinski definition) is 5. The predicted octanol–water partition coefficient (Wildman–Crippen LogP) is 2.73. The molecule has 174 valence electrons. The van der Waals surface area contributed by atoms with Gasteiger partial charge in [-0.1, -0.05) is 0 Å². The molecule has 1 unspecified atom stereocenters. The summed E-state index contributed by atoms with van der Waals surface area (Å²) >= 11 is 0. The van der Waals surface area contributed by atoms with Crippen LogP contribution in [0.5, 0.6) is 0 Å². The van der Waals surface area contributed by atoms with Gasteiger partial charge >= 0.3 is 6.09 Å². The summed E-state index contributed by atoms with van der Waals surface area (Å²) < 4.78 is 16.6. The molecule has 8 nitrogen and oxygen atoms in total. The highest BCUT2D eigenvalue weighted by molar-refractivity contribution is 5.80. The minimum atomic E-state index is -0.454. The van der Waals surface area contributed by atoms with Crippen molar-refractivity contribution in [2.24, 2.45) is 10.9 Å². The monoisotopic (exact) mass is 426 g/mol. The quantitative estimate of drug-likeness (QED) is 0.383. The van der Waals surface area contributed by atoms with E-state index in [-0.39, 0.29) is 6.09 Å². The van der Waals surface area contributed by atoms with Crippen LogP contribution >= 0.6 is 0 Å². The number of methoxy groups -OCH3 is 1. The lowest BCUT2D eigenvalue weighted by molar-refractivity contribution is 0.00981. The first-order valence-electron chi connectivity index (χ1n) is 11.4. The van der Waals surface area contributed by atoms with Gasteiger partial charge in [-0.05, 0) is 58.8 Å². The zero-order chi connectivity index (χ0) is 22.0. The maximum atomic E-state index is 12.4. The van der Waals surface area contributed by atoms with Crippen molar-refractivity contribution >= 4 is 12.1 Å². The number of ether oxygens (including phenoxy) is 3. The Hall–Kier alpha value is -1.54. The summed E-state index contributed by atoms with van der Waals surface area (Å²) in [5.41, 5.74) is -0.454. The summed E-state index contributed by atoms with van der Waals surface area (Å²) in [5, 5.41) is 3.53. The average Bonchev–Trinajstić information content (AvgIpc) is 2.71. The number of guanidine groups is 1. The second-order valence-corrected chi connectivity index (χ2v) is 9.27. The molecule has 0 spiro atoms. The van der Waals surface area contributed by atoms with E-state index in [1.165, 1.54) is 0 Å². The van der Waals surface area contributed by atoms with Crippen LogP contribution < -0.4 is 5.32 Å². The maximum Gasteiger partial charge on any atom is 0.410 e. The lowest BCUT2D eigenvalue weighted by Gasteiger charge is -2.36. The Morgan fingerprint density at radius 1 is 1.10 bits per heavy atom. The fourth-order valence-corrected chi connectivity index (χ4v) is 3.98. The van der Waals surface area contributed by atoms with Gasteiger partial charge in [0.25, 0.3) is 0 Å². The van der Waals surface area contributed by atoms with Gasteiger partial charge in [0.2, 0.25) is 0 Å². The number of carbonyl (C=O) groups is 1. The van der Waals surface area contributed by atoms with E-state index in [0.29, 0.717) is 12.0 Å². The molecule has 0 saturated carbocycles. The van der Waals surface area contributed by atoms with Gasteiger partial charge in [0.15, 0.2) is 5.96 Å². The summed E-state index contributed by atoms with van der Waals surface area (Å²) in [6.45, 7) is 11.5. The molecule has 2 fully saturated rings. The molecular formula is C22H42N4O4. The van der Waals surface area contributed by atoms with Crippen LogP contribution in [0.25, 0.3) is 0 Å².